The van der Waals surface area contributed by atoms with Gasteiger partial charge in [-0.1, -0.05) is 6.92 Å². The molecule has 0 saturated carbocycles. The van der Waals surface area contributed by atoms with Gasteiger partial charge in [-0.05, 0) is 81.0 Å². The molecule has 0 aliphatic heterocycles. The number of hydrogen-bond acceptors (Lipinski definition) is 10. The molecule has 44 heavy (non-hydrogen) atoms. The van der Waals surface area contributed by atoms with Crippen molar-refractivity contribution in [3.8, 4) is 23.0 Å². The monoisotopic (exact) mass is 623 g/mol. The molecular formula is C32H37N3O8S. The first-order chi connectivity index (χ1) is 21.2. The Morgan fingerprint density at radius 3 is 2.36 bits per heavy atom. The molecule has 2 atom stereocenters. The van der Waals surface area contributed by atoms with E-state index in [1.807, 2.05) is 0 Å². The summed E-state index contributed by atoms with van der Waals surface area (Å²) in [6.45, 7) is 5.78. The second-order valence-corrected chi connectivity index (χ2v) is 11.3. The minimum Gasteiger partial charge on any atom is -0.493 e. The lowest BCUT2D eigenvalue weighted by molar-refractivity contribution is -0.127. The fourth-order valence-corrected chi connectivity index (χ4v) is 6.21. The Morgan fingerprint density at radius 1 is 1.07 bits per heavy atom. The molecule has 11 nitrogen and oxygen atoms in total. The van der Waals surface area contributed by atoms with Crippen LogP contribution < -0.4 is 29.7 Å². The van der Waals surface area contributed by atoms with Crippen molar-refractivity contribution in [3.63, 3.8) is 0 Å². The maximum absolute atomic E-state index is 13.1. The van der Waals surface area contributed by atoms with Crippen molar-refractivity contribution < 1.29 is 38.1 Å². The first kappa shape index (κ1) is 32.3. The van der Waals surface area contributed by atoms with Gasteiger partial charge in [0, 0.05) is 16.0 Å². The highest BCUT2D eigenvalue weighted by atomic mass is 32.1. The van der Waals surface area contributed by atoms with Crippen LogP contribution >= 0.6 is 11.3 Å². The maximum Gasteiger partial charge on any atom is 0.341 e. The predicted molar refractivity (Wildman–Crippen MR) is 168 cm³/mol. The van der Waals surface area contributed by atoms with Crippen molar-refractivity contribution in [3.05, 3.63) is 63.5 Å². The third-order valence-electron chi connectivity index (χ3n) is 7.09. The number of anilines is 1. The maximum atomic E-state index is 13.1. The zero-order valence-electron chi connectivity index (χ0n) is 25.6. The highest BCUT2D eigenvalue weighted by Gasteiger charge is 2.29. The van der Waals surface area contributed by atoms with Crippen molar-refractivity contribution >= 4 is 40.3 Å². The van der Waals surface area contributed by atoms with Crippen molar-refractivity contribution in [1.82, 2.24) is 5.43 Å². The Balaban J connectivity index is 1.37. The van der Waals surface area contributed by atoms with E-state index >= 15 is 0 Å². The summed E-state index contributed by atoms with van der Waals surface area (Å²) in [5, 5.41) is 7.42. The molecule has 1 heterocycles. The number of carbonyl (C=O) groups is 3. The number of methoxy groups -OCH3 is 3. The molecule has 2 amide bonds. The SMILES string of the molecule is CCOC(=O)c1c(NC(=O)c2ccc(O[C@H](C)C(=O)N/N=C\c3cc(OC)c(OC)c(OC)c3)cc2)sc2c1CC[C@@H](C)C2. The van der Waals surface area contributed by atoms with Crippen LogP contribution in [0.4, 0.5) is 5.00 Å². The summed E-state index contributed by atoms with van der Waals surface area (Å²) in [5.41, 5.74) is 4.88. The standard InChI is InChI=1S/C32H37N3O8S/c1-7-42-32(38)27-23-13-8-18(2)14-26(23)44-31(27)34-30(37)21-9-11-22(12-10-21)43-19(3)29(36)35-33-17-20-15-24(39-4)28(41-6)25(16-20)40-5/h9-12,15-19H,7-8,13-14H2,1-6H3,(H,34,37)(H,35,36)/b33-17-/t18-,19-/m1/s1. The smallest absolute Gasteiger partial charge is 0.341 e. The van der Waals surface area contributed by atoms with Gasteiger partial charge in [0.25, 0.3) is 11.8 Å². The fourth-order valence-electron chi connectivity index (χ4n) is 4.81. The van der Waals surface area contributed by atoms with E-state index in [1.165, 1.54) is 38.9 Å². The van der Waals surface area contributed by atoms with Gasteiger partial charge in [0.15, 0.2) is 17.6 Å². The molecule has 2 N–H and O–H groups in total. The van der Waals surface area contributed by atoms with Crippen molar-refractivity contribution in [2.45, 2.75) is 46.1 Å². The van der Waals surface area contributed by atoms with Crippen molar-refractivity contribution in [2.75, 3.05) is 33.3 Å². The van der Waals surface area contributed by atoms with Gasteiger partial charge < -0.3 is 29.0 Å². The largest absolute Gasteiger partial charge is 0.493 e. The summed E-state index contributed by atoms with van der Waals surface area (Å²) in [6.07, 6.45) is 3.21. The van der Waals surface area contributed by atoms with Crippen molar-refractivity contribution in [1.29, 1.82) is 0 Å². The molecular weight excluding hydrogens is 586 g/mol. The summed E-state index contributed by atoms with van der Waals surface area (Å²) < 4.78 is 27.0. The number of hydrazone groups is 1. The number of rotatable bonds is 12. The van der Waals surface area contributed by atoms with E-state index in [0.717, 1.165) is 29.7 Å². The molecule has 0 radical (unpaired) electrons. The number of fused-ring (bicyclic) bond motifs is 1. The van der Waals surface area contributed by atoms with E-state index in [9.17, 15) is 14.4 Å². The number of benzene rings is 2. The molecule has 3 aromatic rings. The number of nitrogens with one attached hydrogen (secondary N) is 2. The minimum atomic E-state index is -0.876. The van der Waals surface area contributed by atoms with Crippen LogP contribution in [0, 0.1) is 5.92 Å². The minimum absolute atomic E-state index is 0.255. The summed E-state index contributed by atoms with van der Waals surface area (Å²) in [7, 11) is 4.53. The number of carbonyl (C=O) groups excluding carboxylic acids is 3. The highest BCUT2D eigenvalue weighted by Crippen LogP contribution is 2.40. The average molecular weight is 624 g/mol. The molecule has 0 spiro atoms. The molecule has 1 aliphatic rings. The van der Waals surface area contributed by atoms with Crippen molar-refractivity contribution in [2.24, 2.45) is 11.0 Å². The summed E-state index contributed by atoms with van der Waals surface area (Å²) in [4.78, 5) is 39.6. The molecule has 2 aromatic carbocycles. The van der Waals surface area contributed by atoms with Gasteiger partial charge in [-0.25, -0.2) is 10.2 Å². The lowest BCUT2D eigenvalue weighted by Crippen LogP contribution is -2.33. The highest BCUT2D eigenvalue weighted by molar-refractivity contribution is 7.17. The number of ether oxygens (including phenoxy) is 5. The van der Waals surface area contributed by atoms with E-state index in [1.54, 1.807) is 50.2 Å². The Kier molecular flexibility index (Phi) is 10.8. The van der Waals surface area contributed by atoms with Crippen LogP contribution in [-0.2, 0) is 22.4 Å². The molecule has 0 fully saturated rings. The van der Waals surface area contributed by atoms with E-state index in [0.29, 0.717) is 50.6 Å². The Hall–Kier alpha value is -4.58. The second-order valence-electron chi connectivity index (χ2n) is 10.2. The van der Waals surface area contributed by atoms with Gasteiger partial charge in [0.05, 0.1) is 39.7 Å². The van der Waals surface area contributed by atoms with Crippen LogP contribution in [0.25, 0.3) is 0 Å². The van der Waals surface area contributed by atoms with E-state index < -0.39 is 18.0 Å². The summed E-state index contributed by atoms with van der Waals surface area (Å²) in [6, 6.07) is 9.78. The zero-order chi connectivity index (χ0) is 31.8. The summed E-state index contributed by atoms with van der Waals surface area (Å²) in [5.74, 6) is 1.02. The van der Waals surface area contributed by atoms with E-state index in [-0.39, 0.29) is 12.5 Å². The number of hydrogen-bond donors (Lipinski definition) is 2. The molecule has 0 unspecified atom stereocenters. The van der Waals surface area contributed by atoms with Crippen LogP contribution in [0.15, 0.2) is 41.5 Å². The lowest BCUT2D eigenvalue weighted by Gasteiger charge is -2.18. The normalized spacial score (nSPS) is 14.7. The van der Waals surface area contributed by atoms with Crippen LogP contribution in [0.3, 0.4) is 0 Å². The summed E-state index contributed by atoms with van der Waals surface area (Å²) >= 11 is 1.44. The zero-order valence-corrected chi connectivity index (χ0v) is 26.5. The Bertz CT molecular complexity index is 1510. The molecule has 4 rings (SSSR count). The first-order valence-corrected chi connectivity index (χ1v) is 15.0. The molecule has 234 valence electrons. The Labute approximate surface area is 260 Å². The van der Waals surface area contributed by atoms with Gasteiger partial charge in [0.2, 0.25) is 5.75 Å². The second kappa shape index (κ2) is 14.7. The third-order valence-corrected chi connectivity index (χ3v) is 8.26. The molecule has 1 aliphatic carbocycles. The third kappa shape index (κ3) is 7.49. The van der Waals surface area contributed by atoms with Gasteiger partial charge >= 0.3 is 5.97 Å². The van der Waals surface area contributed by atoms with Gasteiger partial charge in [-0.2, -0.15) is 5.10 Å². The molecule has 0 saturated heterocycles. The van der Waals surface area contributed by atoms with Gasteiger partial charge in [0.1, 0.15) is 10.8 Å². The van der Waals surface area contributed by atoms with Crippen LogP contribution in [0.1, 0.15) is 63.9 Å². The van der Waals surface area contributed by atoms with Crippen LogP contribution in [0.5, 0.6) is 23.0 Å². The van der Waals surface area contributed by atoms with Crippen LogP contribution in [-0.4, -0.2) is 58.0 Å². The topological polar surface area (TPSA) is 134 Å². The number of esters is 1. The first-order valence-electron chi connectivity index (χ1n) is 14.2. The molecule has 12 heteroatoms. The predicted octanol–water partition coefficient (Wildman–Crippen LogP) is 5.25. The van der Waals surface area contributed by atoms with Crippen LogP contribution in [0.2, 0.25) is 0 Å². The molecule has 1 aromatic heterocycles. The van der Waals surface area contributed by atoms with Gasteiger partial charge in [-0.3, -0.25) is 9.59 Å². The van der Waals surface area contributed by atoms with E-state index in [4.69, 9.17) is 23.7 Å². The Morgan fingerprint density at radius 2 is 1.75 bits per heavy atom. The number of amides is 2. The quantitative estimate of drug-likeness (QED) is 0.159. The van der Waals surface area contributed by atoms with E-state index in [2.05, 4.69) is 22.8 Å². The fraction of sp³-hybridized carbons (Fsp3) is 0.375. The average Bonchev–Trinajstić information content (AvgIpc) is 3.37. The lowest BCUT2D eigenvalue weighted by atomic mass is 9.88. The number of nitrogens with zero attached hydrogens (tertiary/aromatic N) is 1. The van der Waals surface area contributed by atoms with Gasteiger partial charge in [-0.15, -0.1) is 11.3 Å². The number of thiophene rings is 1. The molecule has 0 bridgehead atoms.